The molecule has 1 aliphatic heterocycles. The van der Waals surface area contributed by atoms with E-state index in [0.717, 1.165) is 31.0 Å². The average molecular weight is 291 g/mol. The summed E-state index contributed by atoms with van der Waals surface area (Å²) < 4.78 is 39.7. The average Bonchev–Trinajstić information content (AvgIpc) is 3.00. The summed E-state index contributed by atoms with van der Waals surface area (Å²) in [5.41, 5.74) is 1.31. The van der Waals surface area contributed by atoms with E-state index in [2.05, 4.69) is 5.32 Å². The molecule has 1 fully saturated rings. The van der Waals surface area contributed by atoms with Crippen LogP contribution in [0.2, 0.25) is 0 Å². The molecule has 21 heavy (non-hydrogen) atoms. The Hall–Kier alpha value is -1.81. The highest BCUT2D eigenvalue weighted by molar-refractivity contribution is 5.72. The molecule has 2 aromatic carbocycles. The molecule has 1 heterocycles. The lowest BCUT2D eigenvalue weighted by Gasteiger charge is -2.19. The van der Waals surface area contributed by atoms with Crippen molar-refractivity contribution in [2.24, 2.45) is 0 Å². The highest BCUT2D eigenvalue weighted by atomic mass is 19.4. The van der Waals surface area contributed by atoms with Crippen LogP contribution >= 0.6 is 0 Å². The van der Waals surface area contributed by atoms with Crippen LogP contribution < -0.4 is 5.32 Å². The van der Waals surface area contributed by atoms with Crippen molar-refractivity contribution in [3.05, 3.63) is 59.7 Å². The molecular formula is C17H16F3N. The Morgan fingerprint density at radius 1 is 0.905 bits per heavy atom. The molecular weight excluding hydrogens is 275 g/mol. The van der Waals surface area contributed by atoms with E-state index < -0.39 is 11.7 Å². The second-order valence-corrected chi connectivity index (χ2v) is 5.28. The summed E-state index contributed by atoms with van der Waals surface area (Å²) in [6.45, 7) is 0.917. The van der Waals surface area contributed by atoms with Crippen molar-refractivity contribution in [3.63, 3.8) is 0 Å². The molecule has 0 bridgehead atoms. The molecule has 1 atom stereocenters. The normalized spacial score (nSPS) is 18.9. The lowest BCUT2D eigenvalue weighted by Crippen LogP contribution is -2.14. The Labute approximate surface area is 121 Å². The Balaban J connectivity index is 2.13. The quantitative estimate of drug-likeness (QED) is 0.838. The smallest absolute Gasteiger partial charge is 0.310 e. The van der Waals surface area contributed by atoms with Crippen LogP contribution in [0, 0.1) is 0 Å². The Kier molecular flexibility index (Phi) is 3.72. The van der Waals surface area contributed by atoms with E-state index in [9.17, 15) is 13.2 Å². The van der Waals surface area contributed by atoms with Crippen LogP contribution in [-0.2, 0) is 6.18 Å². The van der Waals surface area contributed by atoms with Gasteiger partial charge >= 0.3 is 6.18 Å². The maximum absolute atomic E-state index is 13.2. The molecule has 2 aromatic rings. The Morgan fingerprint density at radius 3 is 2.24 bits per heavy atom. The number of nitrogens with one attached hydrogen (secondary N) is 1. The zero-order valence-electron chi connectivity index (χ0n) is 11.5. The lowest BCUT2D eigenvalue weighted by atomic mass is 9.91. The minimum Gasteiger partial charge on any atom is -0.310 e. The van der Waals surface area contributed by atoms with E-state index in [1.54, 1.807) is 24.3 Å². The Bertz CT molecular complexity index is 628. The summed E-state index contributed by atoms with van der Waals surface area (Å²) in [7, 11) is 0. The molecule has 1 N–H and O–H groups in total. The summed E-state index contributed by atoms with van der Waals surface area (Å²) in [6, 6.07) is 13.3. The Morgan fingerprint density at radius 2 is 1.57 bits per heavy atom. The molecule has 3 rings (SSSR count). The molecule has 0 saturated carbocycles. The fraction of sp³-hybridized carbons (Fsp3) is 0.294. The lowest BCUT2D eigenvalue weighted by molar-refractivity contribution is -0.137. The third kappa shape index (κ3) is 2.81. The first-order valence-electron chi connectivity index (χ1n) is 7.06. The number of halogens is 3. The van der Waals surface area contributed by atoms with Crippen LogP contribution in [0.4, 0.5) is 13.2 Å². The van der Waals surface area contributed by atoms with Crippen molar-refractivity contribution in [2.75, 3.05) is 6.54 Å². The molecule has 1 aliphatic rings. The van der Waals surface area contributed by atoms with Crippen molar-refractivity contribution in [3.8, 4) is 11.1 Å². The van der Waals surface area contributed by atoms with Gasteiger partial charge in [0.05, 0.1) is 5.56 Å². The van der Waals surface area contributed by atoms with E-state index in [4.69, 9.17) is 0 Å². The monoisotopic (exact) mass is 291 g/mol. The largest absolute Gasteiger partial charge is 0.417 e. The molecule has 0 unspecified atom stereocenters. The number of rotatable bonds is 2. The van der Waals surface area contributed by atoms with E-state index in [-0.39, 0.29) is 11.6 Å². The van der Waals surface area contributed by atoms with Gasteiger partial charge in [-0.05, 0) is 42.1 Å². The summed E-state index contributed by atoms with van der Waals surface area (Å²) in [6.07, 6.45) is -2.32. The standard InChI is InChI=1S/C17H16F3N/c18-17(19,20)15-9-4-3-7-13(15)12-6-1-2-8-14(12)16-10-5-11-21-16/h1-4,6-9,16,21H,5,10-11H2/t16-/m0/s1. The van der Waals surface area contributed by atoms with Crippen LogP contribution in [0.3, 0.4) is 0 Å². The summed E-state index contributed by atoms with van der Waals surface area (Å²) in [5.74, 6) is 0. The zero-order valence-corrected chi connectivity index (χ0v) is 11.5. The van der Waals surface area contributed by atoms with Crippen LogP contribution in [0.25, 0.3) is 11.1 Å². The van der Waals surface area contributed by atoms with Crippen molar-refractivity contribution >= 4 is 0 Å². The molecule has 0 aliphatic carbocycles. The first kappa shape index (κ1) is 14.1. The predicted octanol–water partition coefficient (Wildman–Crippen LogP) is 4.80. The number of alkyl halides is 3. The SMILES string of the molecule is FC(F)(F)c1ccccc1-c1ccccc1[C@@H]1CCCN1. The summed E-state index contributed by atoms with van der Waals surface area (Å²) in [5, 5.41) is 3.36. The number of hydrogen-bond acceptors (Lipinski definition) is 1. The first-order chi connectivity index (χ1) is 10.1. The number of benzene rings is 2. The molecule has 0 spiro atoms. The molecule has 110 valence electrons. The van der Waals surface area contributed by atoms with E-state index >= 15 is 0 Å². The molecule has 1 saturated heterocycles. The van der Waals surface area contributed by atoms with E-state index in [1.165, 1.54) is 6.07 Å². The third-order valence-electron chi connectivity index (χ3n) is 3.92. The molecule has 0 aromatic heterocycles. The van der Waals surface area contributed by atoms with Gasteiger partial charge in [-0.2, -0.15) is 13.2 Å². The molecule has 1 nitrogen and oxygen atoms in total. The minimum atomic E-state index is -4.34. The number of hydrogen-bond donors (Lipinski definition) is 1. The fourth-order valence-electron chi connectivity index (χ4n) is 2.96. The van der Waals surface area contributed by atoms with Crippen LogP contribution in [-0.4, -0.2) is 6.54 Å². The molecule has 4 heteroatoms. The van der Waals surface area contributed by atoms with Gasteiger partial charge in [-0.3, -0.25) is 0 Å². The van der Waals surface area contributed by atoms with Gasteiger partial charge in [0.2, 0.25) is 0 Å². The van der Waals surface area contributed by atoms with Crippen LogP contribution in [0.5, 0.6) is 0 Å². The van der Waals surface area contributed by atoms with E-state index in [1.807, 2.05) is 12.1 Å². The summed E-state index contributed by atoms with van der Waals surface area (Å²) >= 11 is 0. The molecule has 0 amide bonds. The first-order valence-corrected chi connectivity index (χ1v) is 7.06. The second kappa shape index (κ2) is 5.53. The van der Waals surface area contributed by atoms with Crippen LogP contribution in [0.15, 0.2) is 48.5 Å². The van der Waals surface area contributed by atoms with Gasteiger partial charge in [0.15, 0.2) is 0 Å². The van der Waals surface area contributed by atoms with Crippen molar-refractivity contribution < 1.29 is 13.2 Å². The highest BCUT2D eigenvalue weighted by Gasteiger charge is 2.34. The maximum atomic E-state index is 13.2. The molecule has 0 radical (unpaired) electrons. The second-order valence-electron chi connectivity index (χ2n) is 5.28. The van der Waals surface area contributed by atoms with Gasteiger partial charge in [0, 0.05) is 6.04 Å². The third-order valence-corrected chi connectivity index (χ3v) is 3.92. The minimum absolute atomic E-state index is 0.141. The van der Waals surface area contributed by atoms with E-state index in [0.29, 0.717) is 5.56 Å². The van der Waals surface area contributed by atoms with Crippen molar-refractivity contribution in [1.82, 2.24) is 5.32 Å². The van der Waals surface area contributed by atoms with Gasteiger partial charge in [-0.1, -0.05) is 42.5 Å². The van der Waals surface area contributed by atoms with Gasteiger partial charge in [-0.15, -0.1) is 0 Å². The van der Waals surface area contributed by atoms with Gasteiger partial charge in [0.25, 0.3) is 0 Å². The predicted molar refractivity (Wildman–Crippen MR) is 76.9 cm³/mol. The summed E-state index contributed by atoms with van der Waals surface area (Å²) in [4.78, 5) is 0. The van der Waals surface area contributed by atoms with Crippen molar-refractivity contribution in [1.29, 1.82) is 0 Å². The maximum Gasteiger partial charge on any atom is 0.417 e. The van der Waals surface area contributed by atoms with Crippen molar-refractivity contribution in [2.45, 2.75) is 25.1 Å². The topological polar surface area (TPSA) is 12.0 Å². The van der Waals surface area contributed by atoms with Gasteiger partial charge in [0.1, 0.15) is 0 Å². The highest BCUT2D eigenvalue weighted by Crippen LogP contribution is 2.40. The zero-order chi connectivity index (χ0) is 14.9. The van der Waals surface area contributed by atoms with Gasteiger partial charge < -0.3 is 5.32 Å². The van der Waals surface area contributed by atoms with Gasteiger partial charge in [-0.25, -0.2) is 0 Å². The van der Waals surface area contributed by atoms with Crippen LogP contribution in [0.1, 0.15) is 30.0 Å². The fourth-order valence-corrected chi connectivity index (χ4v) is 2.96.